The molecule has 0 spiro atoms. The number of benzene rings is 2. The number of carbonyl (C=O) groups excluding carboxylic acids is 1. The van der Waals surface area contributed by atoms with Crippen LogP contribution < -0.4 is 5.32 Å². The number of piperidine rings is 1. The molecule has 4 rings (SSSR count). The van der Waals surface area contributed by atoms with Crippen LogP contribution in [0, 0.1) is 12.8 Å². The fourth-order valence-corrected chi connectivity index (χ4v) is 4.85. The highest BCUT2D eigenvalue weighted by atomic mass is 35.5. The first-order chi connectivity index (χ1) is 16.1. The van der Waals surface area contributed by atoms with E-state index in [0.29, 0.717) is 36.4 Å². The Morgan fingerprint density at radius 3 is 2.79 bits per heavy atom. The Morgan fingerprint density at radius 1 is 1.21 bits per heavy atom. The number of likely N-dealkylation sites (tertiary alicyclic amines) is 1. The van der Waals surface area contributed by atoms with Crippen molar-refractivity contribution in [3.8, 4) is 11.4 Å². The Hall–Kier alpha value is -2.35. The predicted octanol–water partition coefficient (Wildman–Crippen LogP) is 4.96. The molecule has 2 heterocycles. The van der Waals surface area contributed by atoms with Crippen LogP contribution in [-0.4, -0.2) is 46.3 Å². The number of halogens is 1. The minimum atomic E-state index is -0.000458. The Bertz CT molecular complexity index is 1040. The molecular weight excluding hydrogens is 456 g/mol. The molecule has 2 aromatic carbocycles. The molecule has 3 aromatic rings. The van der Waals surface area contributed by atoms with Gasteiger partial charge in [-0.15, -0.1) is 0 Å². The van der Waals surface area contributed by atoms with Gasteiger partial charge in [-0.1, -0.05) is 46.6 Å². The van der Waals surface area contributed by atoms with E-state index in [0.717, 1.165) is 36.5 Å². The highest BCUT2D eigenvalue weighted by Crippen LogP contribution is 2.21. The van der Waals surface area contributed by atoms with Crippen LogP contribution in [-0.2, 0) is 17.1 Å². The average Bonchev–Trinajstić information content (AvgIpc) is 3.29. The van der Waals surface area contributed by atoms with Crippen LogP contribution in [0.2, 0.25) is 5.02 Å². The number of carbonyl (C=O) groups is 1. The smallest absolute Gasteiger partial charge is 0.241 e. The van der Waals surface area contributed by atoms with Gasteiger partial charge >= 0.3 is 0 Å². The SMILES string of the molecule is Cc1ccc(CSCCNC(=O)C2CCCN(Cc3nc(-c4ccc(Cl)cc4)no3)C2)cc1. The van der Waals surface area contributed by atoms with E-state index < -0.39 is 0 Å². The summed E-state index contributed by atoms with van der Waals surface area (Å²) in [6.45, 7) is 4.98. The standard InChI is InChI=1S/C25H29ClN4O2S/c1-18-4-6-19(7-5-18)17-33-14-12-27-25(31)21-3-2-13-30(15-21)16-23-28-24(29-32-23)20-8-10-22(26)11-9-20/h4-11,21H,2-3,12-17H2,1H3,(H,27,31). The fraction of sp³-hybridized carbons (Fsp3) is 0.400. The van der Waals surface area contributed by atoms with Crippen molar-refractivity contribution in [3.63, 3.8) is 0 Å². The average molecular weight is 485 g/mol. The quantitative estimate of drug-likeness (QED) is 0.433. The second-order valence-electron chi connectivity index (χ2n) is 8.42. The number of nitrogens with zero attached hydrogens (tertiary/aromatic N) is 3. The van der Waals surface area contributed by atoms with Crippen molar-refractivity contribution in [2.24, 2.45) is 5.92 Å². The van der Waals surface area contributed by atoms with Crippen LogP contribution in [0.15, 0.2) is 53.1 Å². The fourth-order valence-electron chi connectivity index (χ4n) is 3.90. The van der Waals surface area contributed by atoms with E-state index in [9.17, 15) is 4.79 Å². The van der Waals surface area contributed by atoms with Crippen molar-refractivity contribution in [3.05, 3.63) is 70.6 Å². The van der Waals surface area contributed by atoms with Crippen molar-refractivity contribution in [1.29, 1.82) is 0 Å². The van der Waals surface area contributed by atoms with Gasteiger partial charge in [-0.3, -0.25) is 9.69 Å². The molecule has 1 amide bonds. The molecule has 0 radical (unpaired) electrons. The second kappa shape index (κ2) is 11.7. The molecule has 1 saturated heterocycles. The van der Waals surface area contributed by atoms with Gasteiger partial charge in [0.05, 0.1) is 12.5 Å². The molecule has 1 fully saturated rings. The Morgan fingerprint density at radius 2 is 2.00 bits per heavy atom. The highest BCUT2D eigenvalue weighted by molar-refractivity contribution is 7.98. The van der Waals surface area contributed by atoms with E-state index in [4.69, 9.17) is 16.1 Å². The van der Waals surface area contributed by atoms with Crippen molar-refractivity contribution in [2.45, 2.75) is 32.1 Å². The lowest BCUT2D eigenvalue weighted by molar-refractivity contribution is -0.126. The van der Waals surface area contributed by atoms with Gasteiger partial charge in [-0.05, 0) is 56.1 Å². The summed E-state index contributed by atoms with van der Waals surface area (Å²) >= 11 is 7.79. The molecule has 6 nitrogen and oxygen atoms in total. The van der Waals surface area contributed by atoms with Crippen LogP contribution in [0.3, 0.4) is 0 Å². The Labute approximate surface area is 204 Å². The van der Waals surface area contributed by atoms with Gasteiger partial charge in [-0.2, -0.15) is 16.7 Å². The van der Waals surface area contributed by atoms with Crippen LogP contribution in [0.1, 0.15) is 29.9 Å². The molecule has 33 heavy (non-hydrogen) atoms. The van der Waals surface area contributed by atoms with E-state index >= 15 is 0 Å². The third-order valence-corrected chi connectivity index (χ3v) is 7.02. The minimum Gasteiger partial charge on any atom is -0.355 e. The van der Waals surface area contributed by atoms with E-state index in [-0.39, 0.29) is 11.8 Å². The van der Waals surface area contributed by atoms with Gasteiger partial charge in [0.25, 0.3) is 0 Å². The van der Waals surface area contributed by atoms with Crippen LogP contribution in [0.4, 0.5) is 0 Å². The third kappa shape index (κ3) is 7.06. The van der Waals surface area contributed by atoms with Crippen molar-refractivity contribution < 1.29 is 9.32 Å². The first kappa shape index (κ1) is 23.8. The molecule has 1 aliphatic heterocycles. The normalized spacial score (nSPS) is 16.6. The molecule has 1 unspecified atom stereocenters. The van der Waals surface area contributed by atoms with Gasteiger partial charge in [-0.25, -0.2) is 0 Å². The Kier molecular flexibility index (Phi) is 8.42. The molecule has 0 bridgehead atoms. The number of nitrogens with one attached hydrogen (secondary N) is 1. The van der Waals surface area contributed by atoms with Gasteiger partial charge in [0, 0.05) is 35.2 Å². The summed E-state index contributed by atoms with van der Waals surface area (Å²) in [6.07, 6.45) is 1.90. The molecule has 8 heteroatoms. The van der Waals surface area contributed by atoms with Gasteiger partial charge in [0.2, 0.25) is 17.6 Å². The second-order valence-corrected chi connectivity index (χ2v) is 9.96. The third-order valence-electron chi connectivity index (χ3n) is 5.74. The maximum absolute atomic E-state index is 12.7. The van der Waals surface area contributed by atoms with E-state index in [1.54, 1.807) is 0 Å². The number of aryl methyl sites for hydroxylation is 1. The monoisotopic (exact) mass is 484 g/mol. The highest BCUT2D eigenvalue weighted by Gasteiger charge is 2.26. The van der Waals surface area contributed by atoms with E-state index in [1.165, 1.54) is 11.1 Å². The molecule has 0 saturated carbocycles. The maximum Gasteiger partial charge on any atom is 0.241 e. The van der Waals surface area contributed by atoms with Crippen molar-refractivity contribution >= 4 is 29.3 Å². The summed E-state index contributed by atoms with van der Waals surface area (Å²) in [5, 5.41) is 7.87. The van der Waals surface area contributed by atoms with Gasteiger partial charge < -0.3 is 9.84 Å². The summed E-state index contributed by atoms with van der Waals surface area (Å²) in [6, 6.07) is 16.0. The Balaban J connectivity index is 1.19. The summed E-state index contributed by atoms with van der Waals surface area (Å²) in [7, 11) is 0. The summed E-state index contributed by atoms with van der Waals surface area (Å²) in [4.78, 5) is 19.4. The van der Waals surface area contributed by atoms with Crippen LogP contribution in [0.5, 0.6) is 0 Å². The van der Waals surface area contributed by atoms with Crippen LogP contribution in [0.25, 0.3) is 11.4 Å². The number of rotatable bonds is 9. The zero-order valence-corrected chi connectivity index (χ0v) is 20.4. The molecule has 1 aliphatic rings. The van der Waals surface area contributed by atoms with Gasteiger partial charge in [0.1, 0.15) is 0 Å². The number of hydrogen-bond donors (Lipinski definition) is 1. The molecule has 0 aliphatic carbocycles. The summed E-state index contributed by atoms with van der Waals surface area (Å²) < 4.78 is 5.44. The summed E-state index contributed by atoms with van der Waals surface area (Å²) in [5.41, 5.74) is 3.46. The first-order valence-electron chi connectivity index (χ1n) is 11.3. The zero-order chi connectivity index (χ0) is 23.0. The lowest BCUT2D eigenvalue weighted by Crippen LogP contribution is -2.43. The van der Waals surface area contributed by atoms with E-state index in [2.05, 4.69) is 51.5 Å². The van der Waals surface area contributed by atoms with Crippen molar-refractivity contribution in [1.82, 2.24) is 20.4 Å². The number of amides is 1. The largest absolute Gasteiger partial charge is 0.355 e. The van der Waals surface area contributed by atoms with Crippen LogP contribution >= 0.6 is 23.4 Å². The number of aromatic nitrogens is 2. The first-order valence-corrected chi connectivity index (χ1v) is 12.8. The molecule has 1 aromatic heterocycles. The molecule has 1 atom stereocenters. The topological polar surface area (TPSA) is 71.3 Å². The van der Waals surface area contributed by atoms with Gasteiger partial charge in [0.15, 0.2) is 0 Å². The zero-order valence-electron chi connectivity index (χ0n) is 18.8. The lowest BCUT2D eigenvalue weighted by atomic mass is 9.97. The van der Waals surface area contributed by atoms with Crippen molar-refractivity contribution in [2.75, 3.05) is 25.4 Å². The number of thioether (sulfide) groups is 1. The minimum absolute atomic E-state index is 0.000458. The van der Waals surface area contributed by atoms with E-state index in [1.807, 2.05) is 36.0 Å². The molecule has 174 valence electrons. The lowest BCUT2D eigenvalue weighted by Gasteiger charge is -2.30. The summed E-state index contributed by atoms with van der Waals surface area (Å²) in [5.74, 6) is 3.13. The molecule has 1 N–H and O–H groups in total. The maximum atomic E-state index is 12.7. The molecular formula is C25H29ClN4O2S. The number of hydrogen-bond acceptors (Lipinski definition) is 6. The predicted molar refractivity (Wildman–Crippen MR) is 133 cm³/mol.